The smallest absolute Gasteiger partial charge is 0.140 e. The van der Waals surface area contributed by atoms with Crippen LogP contribution < -0.4 is 0 Å². The van der Waals surface area contributed by atoms with Crippen LogP contribution in [-0.2, 0) is 0 Å². The van der Waals surface area contributed by atoms with E-state index >= 15 is 0 Å². The molecule has 5 aromatic heterocycles. The fourth-order valence-electron chi connectivity index (χ4n) is 10.3. The molecular weight excluding hydrogens is 779 g/mol. The van der Waals surface area contributed by atoms with Crippen LogP contribution in [0.25, 0.3) is 121 Å². The maximum Gasteiger partial charge on any atom is 0.140 e. The molecule has 0 spiro atoms. The number of hydrogen-bond donors (Lipinski definition) is 0. The standard InChI is InChI=1S/C59H37N5/c1-9-26-48-39(18-1)40-19-2-10-27-49(40)61(48)38-36-47(60-58(37-38)64-54-32-15-7-24-45(54)46-25-8-16-33-55(46)64)59-56(62-50-28-11-3-20-41(50)42-21-4-12-29-51(42)62)34-17-35-57(59)63-52-30-13-5-22-43(52)44-23-6-14-31-53(44)63/h1-37H/i7D,15D,17D,24D,32D,34D,35D. The fourth-order valence-corrected chi connectivity index (χ4v) is 10.3. The van der Waals surface area contributed by atoms with Crippen LogP contribution in [-0.4, -0.2) is 23.3 Å². The minimum Gasteiger partial charge on any atom is -0.309 e. The number of hydrogen-bond acceptors (Lipinski definition) is 1. The molecular formula is C59H37N5. The normalized spacial score (nSPS) is 13.6. The van der Waals surface area contributed by atoms with Crippen molar-refractivity contribution in [3.05, 3.63) is 224 Å². The van der Waals surface area contributed by atoms with E-state index in [4.69, 9.17) is 7.73 Å². The lowest BCUT2D eigenvalue weighted by atomic mass is 10.0. The Morgan fingerprint density at radius 1 is 0.312 bits per heavy atom. The minimum atomic E-state index is -0.364. The molecule has 0 N–H and O–H groups in total. The monoisotopic (exact) mass is 822 g/mol. The van der Waals surface area contributed by atoms with Crippen molar-refractivity contribution in [2.75, 3.05) is 0 Å². The molecule has 0 radical (unpaired) electrons. The Morgan fingerprint density at radius 3 is 1.11 bits per heavy atom. The number of para-hydroxylation sites is 8. The molecule has 14 rings (SSSR count). The lowest BCUT2D eigenvalue weighted by Crippen LogP contribution is -2.07. The maximum absolute atomic E-state index is 10.2. The van der Waals surface area contributed by atoms with Crippen molar-refractivity contribution >= 4 is 87.2 Å². The van der Waals surface area contributed by atoms with Crippen LogP contribution >= 0.6 is 0 Å². The molecule has 64 heavy (non-hydrogen) atoms. The maximum atomic E-state index is 10.2. The van der Waals surface area contributed by atoms with Gasteiger partial charge >= 0.3 is 0 Å². The molecule has 0 unspecified atom stereocenters. The van der Waals surface area contributed by atoms with Crippen LogP contribution in [0.5, 0.6) is 0 Å². The summed E-state index contributed by atoms with van der Waals surface area (Å²) in [6.45, 7) is 0. The zero-order valence-corrected chi connectivity index (χ0v) is 34.1. The minimum absolute atomic E-state index is 0.152. The van der Waals surface area contributed by atoms with Crippen molar-refractivity contribution in [2.45, 2.75) is 0 Å². The highest BCUT2D eigenvalue weighted by Crippen LogP contribution is 2.44. The van der Waals surface area contributed by atoms with Crippen molar-refractivity contribution in [1.29, 1.82) is 0 Å². The van der Waals surface area contributed by atoms with Crippen LogP contribution in [0.2, 0.25) is 0 Å². The van der Waals surface area contributed by atoms with E-state index in [1.165, 1.54) is 0 Å². The van der Waals surface area contributed by atoms with Gasteiger partial charge in [0.1, 0.15) is 5.82 Å². The van der Waals surface area contributed by atoms with E-state index in [0.29, 0.717) is 50.4 Å². The predicted octanol–water partition coefficient (Wildman–Crippen LogP) is 15.1. The molecule has 5 heteroatoms. The van der Waals surface area contributed by atoms with Gasteiger partial charge in [0, 0.05) is 54.7 Å². The molecule has 0 bridgehead atoms. The van der Waals surface area contributed by atoms with Gasteiger partial charge in [-0.05, 0) is 66.7 Å². The first-order valence-electron chi connectivity index (χ1n) is 24.8. The van der Waals surface area contributed by atoms with E-state index < -0.39 is 0 Å². The summed E-state index contributed by atoms with van der Waals surface area (Å²) in [6, 6.07) is 58.5. The first-order chi connectivity index (χ1) is 34.7. The van der Waals surface area contributed by atoms with Crippen LogP contribution in [0.1, 0.15) is 9.60 Å². The van der Waals surface area contributed by atoms with Crippen LogP contribution in [0.4, 0.5) is 0 Å². The zero-order chi connectivity index (χ0) is 48.0. The average molecular weight is 823 g/mol. The van der Waals surface area contributed by atoms with Crippen molar-refractivity contribution in [2.24, 2.45) is 0 Å². The molecule has 298 valence electrons. The first-order valence-corrected chi connectivity index (χ1v) is 21.3. The van der Waals surface area contributed by atoms with Gasteiger partial charge < -0.3 is 13.7 Å². The molecule has 0 saturated carbocycles. The summed E-state index contributed by atoms with van der Waals surface area (Å²) in [6.07, 6.45) is 0. The van der Waals surface area contributed by atoms with Gasteiger partial charge in [-0.2, -0.15) is 0 Å². The molecule has 5 nitrogen and oxygen atoms in total. The summed E-state index contributed by atoms with van der Waals surface area (Å²) >= 11 is 0. The summed E-state index contributed by atoms with van der Waals surface area (Å²) in [5.74, 6) is 0.352. The lowest BCUT2D eigenvalue weighted by molar-refractivity contribution is 1.05. The van der Waals surface area contributed by atoms with Gasteiger partial charge in [0.05, 0.1) is 76.5 Å². The van der Waals surface area contributed by atoms with Gasteiger partial charge in [-0.25, -0.2) is 4.98 Å². The lowest BCUT2D eigenvalue weighted by Gasteiger charge is -2.21. The molecule has 0 amide bonds. The zero-order valence-electron chi connectivity index (χ0n) is 41.1. The summed E-state index contributed by atoms with van der Waals surface area (Å²) in [4.78, 5) is 5.65. The molecule has 0 aliphatic carbocycles. The van der Waals surface area contributed by atoms with Crippen molar-refractivity contribution in [3.8, 4) is 34.1 Å². The van der Waals surface area contributed by atoms with E-state index in [1.54, 1.807) is 0 Å². The second kappa shape index (κ2) is 13.4. The Bertz CT molecular complexity index is 4330. The Hall–Kier alpha value is -8.67. The van der Waals surface area contributed by atoms with E-state index in [1.807, 2.05) is 147 Å². The molecule has 0 fully saturated rings. The molecule has 14 aromatic rings. The molecule has 0 atom stereocenters. The largest absolute Gasteiger partial charge is 0.309 e. The average Bonchev–Trinajstić information content (AvgIpc) is 4.15. The predicted molar refractivity (Wildman–Crippen MR) is 267 cm³/mol. The van der Waals surface area contributed by atoms with Gasteiger partial charge in [-0.1, -0.05) is 152 Å². The number of benzene rings is 9. The van der Waals surface area contributed by atoms with Gasteiger partial charge in [0.15, 0.2) is 0 Å². The number of pyridine rings is 1. The highest BCUT2D eigenvalue weighted by Gasteiger charge is 2.25. The third-order valence-electron chi connectivity index (χ3n) is 12.9. The van der Waals surface area contributed by atoms with Crippen LogP contribution in [0.15, 0.2) is 224 Å². The van der Waals surface area contributed by atoms with Crippen LogP contribution in [0.3, 0.4) is 0 Å². The van der Waals surface area contributed by atoms with Gasteiger partial charge in [0.2, 0.25) is 0 Å². The summed E-state index contributed by atoms with van der Waals surface area (Å²) in [5.41, 5.74) is 8.21. The highest BCUT2D eigenvalue weighted by molar-refractivity contribution is 6.13. The quantitative estimate of drug-likeness (QED) is 0.170. The van der Waals surface area contributed by atoms with E-state index in [2.05, 4.69) is 53.1 Å². The number of aromatic nitrogens is 5. The van der Waals surface area contributed by atoms with Crippen molar-refractivity contribution in [3.63, 3.8) is 0 Å². The number of nitrogens with zero attached hydrogens (tertiary/aromatic N) is 5. The van der Waals surface area contributed by atoms with Crippen LogP contribution in [0, 0.1) is 0 Å². The molecule has 0 saturated heterocycles. The molecule has 0 aliphatic heterocycles. The third-order valence-corrected chi connectivity index (χ3v) is 12.9. The van der Waals surface area contributed by atoms with E-state index in [-0.39, 0.29) is 47.8 Å². The van der Waals surface area contributed by atoms with E-state index in [9.17, 15) is 6.85 Å². The number of rotatable bonds is 5. The topological polar surface area (TPSA) is 32.6 Å². The second-order valence-electron chi connectivity index (χ2n) is 16.2. The molecule has 5 heterocycles. The Balaban J connectivity index is 1.24. The van der Waals surface area contributed by atoms with E-state index in [0.717, 1.165) is 65.4 Å². The van der Waals surface area contributed by atoms with Crippen molar-refractivity contribution in [1.82, 2.24) is 23.3 Å². The molecule has 9 aromatic carbocycles. The Kier molecular flexibility index (Phi) is 6.03. The SMILES string of the molecule is [2H]c1c([2H])c(-n2c3ccccc3c3ccccc32)c(-c2cc(-n3c4ccccc4c4ccccc43)cc(-n3c4ccccc4c4c([2H])c([2H])c([2H])c([2H])c43)n2)c(-n2c3ccccc3c3ccccc32)c1[2H]. The highest BCUT2D eigenvalue weighted by atomic mass is 15.1. The Morgan fingerprint density at radius 2 is 0.672 bits per heavy atom. The van der Waals surface area contributed by atoms with Gasteiger partial charge in [0.25, 0.3) is 0 Å². The first kappa shape index (κ1) is 28.8. The summed E-state index contributed by atoms with van der Waals surface area (Å²) in [5, 5.41) is 6.91. The molecule has 0 aliphatic rings. The summed E-state index contributed by atoms with van der Waals surface area (Å²) < 4.78 is 74.7. The van der Waals surface area contributed by atoms with Crippen molar-refractivity contribution < 1.29 is 9.60 Å². The van der Waals surface area contributed by atoms with Gasteiger partial charge in [-0.3, -0.25) is 4.57 Å². The Labute approximate surface area is 377 Å². The summed E-state index contributed by atoms with van der Waals surface area (Å²) in [7, 11) is 0. The third kappa shape index (κ3) is 4.86. The fraction of sp³-hybridized carbons (Fsp3) is 0. The second-order valence-corrected chi connectivity index (χ2v) is 16.2. The van der Waals surface area contributed by atoms with Gasteiger partial charge in [-0.15, -0.1) is 0 Å². The number of fused-ring (bicyclic) bond motifs is 12.